The zero-order chi connectivity index (χ0) is 12.7. The molecule has 0 heterocycles. The summed E-state index contributed by atoms with van der Waals surface area (Å²) in [5.41, 5.74) is 1.79. The van der Waals surface area contributed by atoms with Gasteiger partial charge in [0.25, 0.3) is 5.24 Å². The van der Waals surface area contributed by atoms with Crippen LogP contribution in [0.25, 0.3) is 0 Å². The Hall–Kier alpha value is -1.31. The molecular weight excluding hydrogens is 255 g/mol. The summed E-state index contributed by atoms with van der Waals surface area (Å²) in [6, 6.07) is 16.7. The van der Waals surface area contributed by atoms with Crippen molar-refractivity contribution in [2.75, 3.05) is 0 Å². The van der Waals surface area contributed by atoms with Crippen molar-refractivity contribution < 1.29 is 4.79 Å². The Bertz CT molecular complexity index is 463. The summed E-state index contributed by atoms with van der Waals surface area (Å²) in [6.45, 7) is 2.08. The van der Waals surface area contributed by atoms with Gasteiger partial charge in [0, 0.05) is 10.6 Å². The number of aryl methyl sites for hydroxylation is 1. The van der Waals surface area contributed by atoms with E-state index in [-0.39, 0.29) is 0 Å². The first kappa shape index (κ1) is 13.8. The van der Waals surface area contributed by atoms with E-state index in [0.717, 1.165) is 0 Å². The molecule has 0 amide bonds. The molecule has 1 nitrogen and oxygen atoms in total. The molecule has 0 aliphatic rings. The third kappa shape index (κ3) is 5.53. The van der Waals surface area contributed by atoms with Crippen LogP contribution in [0.5, 0.6) is 0 Å². The molecule has 0 spiro atoms. The van der Waals surface area contributed by atoms with Gasteiger partial charge in [-0.05, 0) is 42.8 Å². The molecule has 0 saturated heterocycles. The molecule has 0 aliphatic carbocycles. The number of rotatable bonds is 1. The Morgan fingerprint density at radius 2 is 1.47 bits per heavy atom. The molecule has 0 radical (unpaired) electrons. The SMILES string of the molecule is Cc1ccccc1.O=C(Cl)c1ccc(Cl)cc1. The van der Waals surface area contributed by atoms with Crippen LogP contribution in [0.3, 0.4) is 0 Å². The highest BCUT2D eigenvalue weighted by atomic mass is 35.5. The third-order valence-corrected chi connectivity index (χ3v) is 2.48. The van der Waals surface area contributed by atoms with Crippen LogP contribution in [-0.4, -0.2) is 5.24 Å². The summed E-state index contributed by atoms with van der Waals surface area (Å²) < 4.78 is 0. The van der Waals surface area contributed by atoms with Crippen molar-refractivity contribution in [3.8, 4) is 0 Å². The predicted octanol–water partition coefficient (Wildman–Crippen LogP) is 4.71. The van der Waals surface area contributed by atoms with Gasteiger partial charge in [-0.3, -0.25) is 4.79 Å². The van der Waals surface area contributed by atoms with Crippen molar-refractivity contribution >= 4 is 28.4 Å². The molecule has 0 atom stereocenters. The Labute approximate surface area is 111 Å². The number of hydrogen-bond acceptors (Lipinski definition) is 1. The van der Waals surface area contributed by atoms with E-state index >= 15 is 0 Å². The van der Waals surface area contributed by atoms with Crippen LogP contribution in [0, 0.1) is 6.92 Å². The molecule has 0 aliphatic heterocycles. The minimum absolute atomic E-state index is 0.461. The molecule has 3 heteroatoms. The van der Waals surface area contributed by atoms with Gasteiger partial charge in [0.2, 0.25) is 0 Å². The van der Waals surface area contributed by atoms with E-state index in [1.807, 2.05) is 18.2 Å². The average molecular weight is 267 g/mol. The number of benzene rings is 2. The van der Waals surface area contributed by atoms with Crippen molar-refractivity contribution in [1.29, 1.82) is 0 Å². The number of carbonyl (C=O) groups is 1. The maximum atomic E-state index is 10.5. The van der Waals surface area contributed by atoms with E-state index in [1.54, 1.807) is 24.3 Å². The highest BCUT2D eigenvalue weighted by Gasteiger charge is 1.98. The van der Waals surface area contributed by atoms with Gasteiger partial charge in [0.1, 0.15) is 0 Å². The Kier molecular flexibility index (Phi) is 5.75. The van der Waals surface area contributed by atoms with Gasteiger partial charge in [-0.15, -0.1) is 0 Å². The van der Waals surface area contributed by atoms with Crippen LogP contribution in [0.15, 0.2) is 54.6 Å². The summed E-state index contributed by atoms with van der Waals surface area (Å²) in [4.78, 5) is 10.5. The van der Waals surface area contributed by atoms with Gasteiger partial charge in [0.15, 0.2) is 0 Å². The van der Waals surface area contributed by atoms with Crippen molar-refractivity contribution in [3.63, 3.8) is 0 Å². The quantitative estimate of drug-likeness (QED) is 0.683. The van der Waals surface area contributed by atoms with Gasteiger partial charge >= 0.3 is 0 Å². The Balaban J connectivity index is 0.000000181. The van der Waals surface area contributed by atoms with E-state index in [0.29, 0.717) is 10.6 Å². The molecule has 0 saturated carbocycles. The zero-order valence-electron chi connectivity index (χ0n) is 9.36. The molecule has 17 heavy (non-hydrogen) atoms. The van der Waals surface area contributed by atoms with Crippen molar-refractivity contribution in [2.24, 2.45) is 0 Å². The first-order valence-electron chi connectivity index (χ1n) is 5.06. The predicted molar refractivity (Wildman–Crippen MR) is 72.8 cm³/mol. The van der Waals surface area contributed by atoms with Crippen LogP contribution in [0.4, 0.5) is 0 Å². The molecule has 0 bridgehead atoms. The topological polar surface area (TPSA) is 17.1 Å². The second kappa shape index (κ2) is 7.10. The van der Waals surface area contributed by atoms with Crippen molar-refractivity contribution in [3.05, 3.63) is 70.7 Å². The smallest absolute Gasteiger partial charge is 0.252 e. The standard InChI is InChI=1S/C7H4Cl2O.C7H8/c8-6-3-1-5(2-4-6)7(9)10;1-7-5-3-2-4-6-7/h1-4H;2-6H,1H3. The Morgan fingerprint density at radius 3 is 1.82 bits per heavy atom. The van der Waals surface area contributed by atoms with Crippen LogP contribution in [-0.2, 0) is 0 Å². The van der Waals surface area contributed by atoms with Gasteiger partial charge < -0.3 is 0 Å². The van der Waals surface area contributed by atoms with Gasteiger partial charge in [-0.2, -0.15) is 0 Å². The van der Waals surface area contributed by atoms with Gasteiger partial charge in [-0.25, -0.2) is 0 Å². The fraction of sp³-hybridized carbons (Fsp3) is 0.0714. The van der Waals surface area contributed by atoms with E-state index in [1.165, 1.54) is 5.56 Å². The molecule has 0 aromatic heterocycles. The molecule has 0 unspecified atom stereocenters. The lowest BCUT2D eigenvalue weighted by molar-refractivity contribution is 0.108. The van der Waals surface area contributed by atoms with Crippen LogP contribution < -0.4 is 0 Å². The van der Waals surface area contributed by atoms with Crippen molar-refractivity contribution in [2.45, 2.75) is 6.92 Å². The fourth-order valence-electron chi connectivity index (χ4n) is 1.12. The zero-order valence-corrected chi connectivity index (χ0v) is 10.9. The largest absolute Gasteiger partial charge is 0.276 e. The molecule has 0 N–H and O–H groups in total. The van der Waals surface area contributed by atoms with Gasteiger partial charge in [-0.1, -0.05) is 47.5 Å². The highest BCUT2D eigenvalue weighted by molar-refractivity contribution is 6.67. The van der Waals surface area contributed by atoms with E-state index in [9.17, 15) is 4.79 Å². The molecule has 0 fully saturated rings. The average Bonchev–Trinajstić information content (AvgIpc) is 2.31. The summed E-state index contributed by atoms with van der Waals surface area (Å²) >= 11 is 10.7. The van der Waals surface area contributed by atoms with Crippen molar-refractivity contribution in [1.82, 2.24) is 0 Å². The first-order chi connectivity index (χ1) is 8.09. The second-order valence-electron chi connectivity index (χ2n) is 3.44. The molecule has 2 aromatic rings. The minimum atomic E-state index is -0.461. The summed E-state index contributed by atoms with van der Waals surface area (Å²) in [5.74, 6) is 0. The molecular formula is C14H12Cl2O. The van der Waals surface area contributed by atoms with Crippen LogP contribution in [0.2, 0.25) is 5.02 Å². The molecule has 2 aromatic carbocycles. The Morgan fingerprint density at radius 1 is 0.941 bits per heavy atom. The monoisotopic (exact) mass is 266 g/mol. The van der Waals surface area contributed by atoms with E-state index in [2.05, 4.69) is 19.1 Å². The van der Waals surface area contributed by atoms with E-state index < -0.39 is 5.24 Å². The van der Waals surface area contributed by atoms with Gasteiger partial charge in [0.05, 0.1) is 0 Å². The minimum Gasteiger partial charge on any atom is -0.276 e. The highest BCUT2D eigenvalue weighted by Crippen LogP contribution is 2.10. The summed E-state index contributed by atoms with van der Waals surface area (Å²) in [7, 11) is 0. The maximum Gasteiger partial charge on any atom is 0.252 e. The number of carbonyl (C=O) groups excluding carboxylic acids is 1. The summed E-state index contributed by atoms with van der Waals surface area (Å²) in [6.07, 6.45) is 0. The fourth-order valence-corrected chi connectivity index (χ4v) is 1.37. The molecule has 2 rings (SSSR count). The number of halogens is 2. The van der Waals surface area contributed by atoms with Crippen LogP contribution in [0.1, 0.15) is 15.9 Å². The summed E-state index contributed by atoms with van der Waals surface area (Å²) in [5, 5.41) is 0.137. The van der Waals surface area contributed by atoms with E-state index in [4.69, 9.17) is 23.2 Å². The lowest BCUT2D eigenvalue weighted by atomic mass is 10.2. The van der Waals surface area contributed by atoms with Crippen LogP contribution >= 0.6 is 23.2 Å². The number of hydrogen-bond donors (Lipinski definition) is 0. The second-order valence-corrected chi connectivity index (χ2v) is 4.22. The maximum absolute atomic E-state index is 10.5. The lowest BCUT2D eigenvalue weighted by Gasteiger charge is -1.91. The normalized spacial score (nSPS) is 9.12. The lowest BCUT2D eigenvalue weighted by Crippen LogP contribution is -1.85. The third-order valence-electron chi connectivity index (χ3n) is 2.01. The molecule has 88 valence electrons. The first-order valence-corrected chi connectivity index (χ1v) is 5.82.